The molecule has 0 saturated heterocycles. The van der Waals surface area contributed by atoms with Crippen molar-refractivity contribution in [1.29, 1.82) is 0 Å². The van der Waals surface area contributed by atoms with Gasteiger partial charge in [0.2, 0.25) is 0 Å². The van der Waals surface area contributed by atoms with Crippen molar-refractivity contribution in [3.05, 3.63) is 30.0 Å². The van der Waals surface area contributed by atoms with E-state index in [1.165, 1.54) is 5.56 Å². The third-order valence-corrected chi connectivity index (χ3v) is 3.11. The molecule has 0 aliphatic carbocycles. The van der Waals surface area contributed by atoms with E-state index in [4.69, 9.17) is 14.5 Å². The van der Waals surface area contributed by atoms with Gasteiger partial charge < -0.3 is 19.1 Å². The summed E-state index contributed by atoms with van der Waals surface area (Å²) in [5.74, 6) is 0.869. The van der Waals surface area contributed by atoms with Crippen molar-refractivity contribution < 1.29 is 3.07 Å². The molecular formula is C11H14IN3O. The molecule has 0 atom stereocenters. The zero-order valence-corrected chi connectivity index (χ0v) is 11.0. The molecule has 4 nitrogen and oxygen atoms in total. The van der Waals surface area contributed by atoms with Crippen LogP contribution < -0.4 is 14.5 Å². The highest BCUT2D eigenvalue weighted by Gasteiger charge is 2.11. The summed E-state index contributed by atoms with van der Waals surface area (Å²) in [5, 5.41) is 1.12. The van der Waals surface area contributed by atoms with Crippen LogP contribution in [0.1, 0.15) is 5.56 Å². The highest BCUT2D eigenvalue weighted by atomic mass is 127. The minimum absolute atomic E-state index is 0.464. The van der Waals surface area contributed by atoms with Crippen LogP contribution in [0.3, 0.4) is 0 Å². The Bertz CT molecular complexity index is 495. The van der Waals surface area contributed by atoms with E-state index in [-0.39, 0.29) is 0 Å². The van der Waals surface area contributed by atoms with Gasteiger partial charge in [0.1, 0.15) is 5.75 Å². The number of hydrogen-bond donors (Lipinski definition) is 2. The summed E-state index contributed by atoms with van der Waals surface area (Å²) in [6, 6.07) is 5.96. The zero-order valence-electron chi connectivity index (χ0n) is 8.82. The Morgan fingerprint density at radius 3 is 2.75 bits per heavy atom. The molecule has 0 amide bonds. The minimum Gasteiger partial charge on any atom is -0.427 e. The number of benzene rings is 1. The van der Waals surface area contributed by atoms with E-state index in [0.717, 1.165) is 23.1 Å². The topological polar surface area (TPSA) is 66.2 Å². The van der Waals surface area contributed by atoms with Gasteiger partial charge in [-0.3, -0.25) is 0 Å². The lowest BCUT2D eigenvalue weighted by molar-refractivity contribution is 0.724. The third kappa shape index (κ3) is 1.90. The van der Waals surface area contributed by atoms with Crippen LogP contribution in [0.15, 0.2) is 24.4 Å². The van der Waals surface area contributed by atoms with E-state index in [0.29, 0.717) is 13.2 Å². The van der Waals surface area contributed by atoms with Crippen LogP contribution in [-0.2, 0) is 13.1 Å². The molecule has 2 aromatic rings. The zero-order chi connectivity index (χ0) is 11.5. The molecule has 0 aliphatic rings. The maximum atomic E-state index is 5.71. The van der Waals surface area contributed by atoms with E-state index in [9.17, 15) is 0 Å². The molecule has 0 bridgehead atoms. The first-order valence-electron chi connectivity index (χ1n) is 5.11. The Morgan fingerprint density at radius 1 is 1.31 bits per heavy atom. The van der Waals surface area contributed by atoms with Gasteiger partial charge in [-0.05, 0) is 30.7 Å². The fourth-order valence-electron chi connectivity index (χ4n) is 1.96. The maximum absolute atomic E-state index is 5.71. The van der Waals surface area contributed by atoms with Gasteiger partial charge in [-0.2, -0.15) is 0 Å². The quantitative estimate of drug-likeness (QED) is 0.840. The Balaban J connectivity index is 2.69. The second kappa shape index (κ2) is 5.03. The average molecular weight is 331 g/mol. The molecule has 5 heteroatoms. The standard InChI is InChI=1S/C11H14IN3O/c12-16-10-3-1-2-9-11(10)8(4-5-13)6-15(9)7-14/h1-3,6H,4-5,7,13-14H2. The predicted molar refractivity (Wildman–Crippen MR) is 73.5 cm³/mol. The first kappa shape index (κ1) is 11.7. The Hall–Kier alpha value is -0.790. The van der Waals surface area contributed by atoms with Gasteiger partial charge in [-0.25, -0.2) is 0 Å². The lowest BCUT2D eigenvalue weighted by Gasteiger charge is -2.03. The number of halogens is 1. The largest absolute Gasteiger partial charge is 0.427 e. The summed E-state index contributed by atoms with van der Waals surface area (Å²) in [5.41, 5.74) is 13.6. The molecule has 0 saturated carbocycles. The molecular weight excluding hydrogens is 317 g/mol. The van der Waals surface area contributed by atoms with Gasteiger partial charge in [0.25, 0.3) is 0 Å². The first-order valence-corrected chi connectivity index (χ1v) is 5.99. The predicted octanol–water partition coefficient (Wildman–Crippen LogP) is 1.79. The maximum Gasteiger partial charge on any atom is 0.192 e. The van der Waals surface area contributed by atoms with Crippen LogP contribution in [0, 0.1) is 0 Å². The summed E-state index contributed by atoms with van der Waals surface area (Å²) < 4.78 is 7.36. The van der Waals surface area contributed by atoms with E-state index in [1.807, 2.05) is 45.8 Å². The molecule has 86 valence electrons. The van der Waals surface area contributed by atoms with E-state index >= 15 is 0 Å². The molecule has 0 fully saturated rings. The van der Waals surface area contributed by atoms with Crippen molar-refractivity contribution >= 4 is 33.9 Å². The molecule has 0 spiro atoms. The molecule has 4 N–H and O–H groups in total. The van der Waals surface area contributed by atoms with Crippen molar-refractivity contribution in [3.63, 3.8) is 0 Å². The minimum atomic E-state index is 0.464. The fraction of sp³-hybridized carbons (Fsp3) is 0.273. The number of fused-ring (bicyclic) bond motifs is 1. The van der Waals surface area contributed by atoms with Crippen LogP contribution in [-0.4, -0.2) is 11.1 Å². The van der Waals surface area contributed by atoms with Crippen molar-refractivity contribution in [2.24, 2.45) is 11.5 Å². The Morgan fingerprint density at radius 2 is 2.12 bits per heavy atom. The average Bonchev–Trinajstić information content (AvgIpc) is 2.68. The Kier molecular flexibility index (Phi) is 3.67. The molecule has 1 aromatic heterocycles. The van der Waals surface area contributed by atoms with Gasteiger partial charge >= 0.3 is 0 Å². The number of hydrogen-bond acceptors (Lipinski definition) is 3. The van der Waals surface area contributed by atoms with E-state index < -0.39 is 0 Å². The lowest BCUT2D eigenvalue weighted by atomic mass is 10.1. The number of rotatable bonds is 4. The molecule has 0 radical (unpaired) electrons. The second-order valence-electron chi connectivity index (χ2n) is 3.57. The molecule has 1 heterocycles. The summed E-state index contributed by atoms with van der Waals surface area (Å²) in [4.78, 5) is 0. The molecule has 16 heavy (non-hydrogen) atoms. The van der Waals surface area contributed by atoms with Gasteiger partial charge in [0, 0.05) is 11.6 Å². The van der Waals surface area contributed by atoms with Crippen LogP contribution >= 0.6 is 23.0 Å². The third-order valence-electron chi connectivity index (χ3n) is 2.64. The van der Waals surface area contributed by atoms with E-state index in [1.54, 1.807) is 0 Å². The lowest BCUT2D eigenvalue weighted by Crippen LogP contribution is -2.05. The molecule has 2 rings (SSSR count). The van der Waals surface area contributed by atoms with E-state index in [2.05, 4.69) is 6.20 Å². The summed E-state index contributed by atoms with van der Waals surface area (Å²) >= 11 is 1.90. The van der Waals surface area contributed by atoms with Crippen molar-refractivity contribution in [2.45, 2.75) is 13.1 Å². The number of aromatic nitrogens is 1. The summed E-state index contributed by atoms with van der Waals surface area (Å²) in [6.07, 6.45) is 2.89. The Labute approximate surface area is 108 Å². The van der Waals surface area contributed by atoms with Crippen molar-refractivity contribution in [3.8, 4) is 5.75 Å². The van der Waals surface area contributed by atoms with Gasteiger partial charge in [0.15, 0.2) is 23.0 Å². The van der Waals surface area contributed by atoms with Gasteiger partial charge in [-0.1, -0.05) is 6.07 Å². The summed E-state index contributed by atoms with van der Waals surface area (Å²) in [7, 11) is 0. The smallest absolute Gasteiger partial charge is 0.192 e. The van der Waals surface area contributed by atoms with Crippen molar-refractivity contribution in [1.82, 2.24) is 4.57 Å². The first-order chi connectivity index (χ1) is 7.81. The fourth-order valence-corrected chi connectivity index (χ4v) is 2.33. The normalized spacial score (nSPS) is 10.9. The van der Waals surface area contributed by atoms with Crippen LogP contribution in [0.4, 0.5) is 0 Å². The van der Waals surface area contributed by atoms with Gasteiger partial charge in [-0.15, -0.1) is 0 Å². The SMILES string of the molecule is NCCc1cn(CN)c2cccc(OI)c12. The molecule has 0 aliphatic heterocycles. The molecule has 0 unspecified atom stereocenters. The summed E-state index contributed by atoms with van der Waals surface area (Å²) in [6.45, 7) is 1.09. The molecule has 1 aromatic carbocycles. The van der Waals surface area contributed by atoms with Crippen LogP contribution in [0.5, 0.6) is 5.75 Å². The monoisotopic (exact) mass is 331 g/mol. The van der Waals surface area contributed by atoms with Crippen molar-refractivity contribution in [2.75, 3.05) is 6.54 Å². The van der Waals surface area contributed by atoms with Crippen LogP contribution in [0.25, 0.3) is 10.9 Å². The number of nitrogens with zero attached hydrogens (tertiary/aromatic N) is 1. The van der Waals surface area contributed by atoms with Gasteiger partial charge in [0.05, 0.1) is 12.2 Å². The highest BCUT2D eigenvalue weighted by Crippen LogP contribution is 2.31. The van der Waals surface area contributed by atoms with Crippen LogP contribution in [0.2, 0.25) is 0 Å². The second-order valence-corrected chi connectivity index (χ2v) is 4.01. The number of nitrogens with two attached hydrogens (primary N) is 2. The highest BCUT2D eigenvalue weighted by molar-refractivity contribution is 14.1.